The molecule has 1 aliphatic heterocycles. The topological polar surface area (TPSA) is 37.6 Å². The number of carbonyl (C=O) groups is 1. The SMILES string of the molecule is C[NH+](CC(=O)N1CCC(c2nc3ccccc3s2)CC1)Cc1cccc(Cl)c1. The molecule has 1 aromatic heterocycles. The van der Waals surface area contributed by atoms with Crippen LogP contribution < -0.4 is 4.90 Å². The van der Waals surface area contributed by atoms with E-state index < -0.39 is 0 Å². The molecule has 0 aliphatic carbocycles. The quantitative estimate of drug-likeness (QED) is 0.695. The second-order valence-corrected chi connectivity index (χ2v) is 9.11. The van der Waals surface area contributed by atoms with Crippen molar-refractivity contribution < 1.29 is 9.69 Å². The van der Waals surface area contributed by atoms with Crippen LogP contribution in [0.15, 0.2) is 48.5 Å². The highest BCUT2D eigenvalue weighted by Crippen LogP contribution is 2.33. The first-order valence-electron chi connectivity index (χ1n) is 9.77. The Hall–Kier alpha value is -1.95. The number of benzene rings is 2. The highest BCUT2D eigenvalue weighted by Gasteiger charge is 2.27. The lowest BCUT2D eigenvalue weighted by Gasteiger charge is -2.31. The molecular weight excluding hydrogens is 390 g/mol. The van der Waals surface area contributed by atoms with E-state index >= 15 is 0 Å². The van der Waals surface area contributed by atoms with Gasteiger partial charge < -0.3 is 9.80 Å². The van der Waals surface area contributed by atoms with E-state index in [1.54, 1.807) is 11.3 Å². The van der Waals surface area contributed by atoms with Crippen LogP contribution in [-0.2, 0) is 11.3 Å². The first-order valence-corrected chi connectivity index (χ1v) is 11.0. The summed E-state index contributed by atoms with van der Waals surface area (Å²) in [5.74, 6) is 0.709. The first-order chi connectivity index (χ1) is 13.6. The number of fused-ring (bicyclic) bond motifs is 1. The number of hydrogen-bond acceptors (Lipinski definition) is 3. The van der Waals surface area contributed by atoms with Crippen molar-refractivity contribution in [3.05, 3.63) is 64.1 Å². The molecule has 1 saturated heterocycles. The summed E-state index contributed by atoms with van der Waals surface area (Å²) in [4.78, 5) is 20.7. The molecular formula is C22H25ClN3OS+. The maximum absolute atomic E-state index is 12.7. The smallest absolute Gasteiger partial charge is 0.277 e. The Morgan fingerprint density at radius 3 is 2.75 bits per heavy atom. The second-order valence-electron chi connectivity index (χ2n) is 7.62. The maximum Gasteiger partial charge on any atom is 0.277 e. The van der Waals surface area contributed by atoms with Gasteiger partial charge >= 0.3 is 0 Å². The lowest BCUT2D eigenvalue weighted by molar-refractivity contribution is -0.885. The number of carbonyl (C=O) groups excluding carboxylic acids is 1. The predicted molar refractivity (Wildman–Crippen MR) is 115 cm³/mol. The van der Waals surface area contributed by atoms with Crippen molar-refractivity contribution in [3.63, 3.8) is 0 Å². The number of piperidine rings is 1. The highest BCUT2D eigenvalue weighted by molar-refractivity contribution is 7.18. The zero-order valence-corrected chi connectivity index (χ0v) is 17.6. The van der Waals surface area contributed by atoms with E-state index in [1.807, 2.05) is 29.2 Å². The van der Waals surface area contributed by atoms with Gasteiger partial charge in [0.05, 0.1) is 22.3 Å². The van der Waals surface area contributed by atoms with Gasteiger partial charge in [-0.25, -0.2) is 4.98 Å². The first kappa shape index (κ1) is 19.4. The Morgan fingerprint density at radius 1 is 1.21 bits per heavy atom. The zero-order valence-electron chi connectivity index (χ0n) is 16.0. The third-order valence-corrected chi connectivity index (χ3v) is 6.79. The molecule has 4 rings (SSSR count). The molecule has 4 nitrogen and oxygen atoms in total. The fraction of sp³-hybridized carbons (Fsp3) is 0.364. The van der Waals surface area contributed by atoms with Crippen LogP contribution in [0.5, 0.6) is 0 Å². The number of amides is 1. The molecule has 0 spiro atoms. The summed E-state index contributed by atoms with van der Waals surface area (Å²) in [6.45, 7) is 2.96. The summed E-state index contributed by atoms with van der Waals surface area (Å²) < 4.78 is 1.25. The second kappa shape index (κ2) is 8.60. The highest BCUT2D eigenvalue weighted by atomic mass is 35.5. The van der Waals surface area contributed by atoms with Gasteiger partial charge in [-0.3, -0.25) is 4.79 Å². The molecule has 1 fully saturated rings. The molecule has 28 heavy (non-hydrogen) atoms. The summed E-state index contributed by atoms with van der Waals surface area (Å²) in [5, 5.41) is 1.96. The van der Waals surface area contributed by atoms with E-state index in [1.165, 1.54) is 14.6 Å². The van der Waals surface area contributed by atoms with Crippen LogP contribution in [0, 0.1) is 0 Å². The predicted octanol–water partition coefficient (Wildman–Crippen LogP) is 3.37. The number of rotatable bonds is 5. The number of para-hydroxylation sites is 1. The van der Waals surface area contributed by atoms with Crippen molar-refractivity contribution in [2.24, 2.45) is 0 Å². The molecule has 1 N–H and O–H groups in total. The minimum atomic E-state index is 0.238. The van der Waals surface area contributed by atoms with Gasteiger partial charge in [-0.15, -0.1) is 11.3 Å². The molecule has 0 bridgehead atoms. The van der Waals surface area contributed by atoms with Gasteiger partial charge in [0.1, 0.15) is 6.54 Å². The Bertz CT molecular complexity index is 932. The number of likely N-dealkylation sites (N-methyl/N-ethyl adjacent to an activating group) is 1. The average Bonchev–Trinajstić information content (AvgIpc) is 3.12. The minimum Gasteiger partial charge on any atom is -0.338 e. The van der Waals surface area contributed by atoms with E-state index in [4.69, 9.17) is 16.6 Å². The van der Waals surface area contributed by atoms with E-state index in [9.17, 15) is 4.79 Å². The summed E-state index contributed by atoms with van der Waals surface area (Å²) >= 11 is 7.85. The summed E-state index contributed by atoms with van der Waals surface area (Å²) in [6, 6.07) is 16.2. The lowest BCUT2D eigenvalue weighted by Crippen LogP contribution is -3.08. The molecule has 3 aromatic rings. The van der Waals surface area contributed by atoms with Crippen LogP contribution >= 0.6 is 22.9 Å². The number of nitrogens with zero attached hydrogens (tertiary/aromatic N) is 2. The number of likely N-dealkylation sites (tertiary alicyclic amines) is 1. The van der Waals surface area contributed by atoms with E-state index in [0.717, 1.165) is 48.6 Å². The number of thiazole rings is 1. The van der Waals surface area contributed by atoms with Gasteiger partial charge in [0.15, 0.2) is 6.54 Å². The van der Waals surface area contributed by atoms with Gasteiger partial charge in [0, 0.05) is 29.6 Å². The molecule has 2 aromatic carbocycles. The fourth-order valence-electron chi connectivity index (χ4n) is 3.87. The molecule has 1 atom stereocenters. The van der Waals surface area contributed by atoms with Crippen LogP contribution in [0.4, 0.5) is 0 Å². The number of quaternary nitrogens is 1. The third kappa shape index (κ3) is 4.54. The summed E-state index contributed by atoms with van der Waals surface area (Å²) in [5.41, 5.74) is 2.25. The van der Waals surface area contributed by atoms with Crippen LogP contribution in [0.2, 0.25) is 5.02 Å². The molecule has 0 saturated carbocycles. The fourth-order valence-corrected chi connectivity index (χ4v) is 5.22. The van der Waals surface area contributed by atoms with Crippen molar-refractivity contribution >= 4 is 39.1 Å². The van der Waals surface area contributed by atoms with Crippen LogP contribution in [-0.4, -0.2) is 42.5 Å². The van der Waals surface area contributed by atoms with E-state index in [0.29, 0.717) is 12.5 Å². The van der Waals surface area contributed by atoms with Crippen molar-refractivity contribution in [2.75, 3.05) is 26.7 Å². The molecule has 6 heteroatoms. The average molecular weight is 415 g/mol. The summed E-state index contributed by atoms with van der Waals surface area (Å²) in [7, 11) is 2.06. The van der Waals surface area contributed by atoms with Crippen LogP contribution in [0.1, 0.15) is 29.3 Å². The standard InChI is InChI=1S/C22H24ClN3OS/c1-25(14-16-5-4-6-18(23)13-16)15-21(27)26-11-9-17(10-12-26)22-24-19-7-2-3-8-20(19)28-22/h2-8,13,17H,9-12,14-15H2,1H3/p+1. The third-order valence-electron chi connectivity index (χ3n) is 5.36. The van der Waals surface area contributed by atoms with E-state index in [2.05, 4.69) is 31.3 Å². The number of halogens is 1. The van der Waals surface area contributed by atoms with E-state index in [-0.39, 0.29) is 5.91 Å². The lowest BCUT2D eigenvalue weighted by atomic mass is 9.97. The Morgan fingerprint density at radius 2 is 2.00 bits per heavy atom. The van der Waals surface area contributed by atoms with Gasteiger partial charge in [-0.2, -0.15) is 0 Å². The Labute approximate surface area is 174 Å². The van der Waals surface area contributed by atoms with Crippen LogP contribution in [0.3, 0.4) is 0 Å². The zero-order chi connectivity index (χ0) is 19.5. The normalized spacial score (nSPS) is 16.4. The van der Waals surface area contributed by atoms with Crippen LogP contribution in [0.25, 0.3) is 10.2 Å². The minimum absolute atomic E-state index is 0.238. The van der Waals surface area contributed by atoms with Crippen molar-refractivity contribution in [3.8, 4) is 0 Å². The molecule has 2 heterocycles. The van der Waals surface area contributed by atoms with Crippen molar-refractivity contribution in [1.29, 1.82) is 0 Å². The molecule has 146 valence electrons. The number of aromatic nitrogens is 1. The molecule has 0 radical (unpaired) electrons. The number of nitrogens with one attached hydrogen (secondary N) is 1. The van der Waals surface area contributed by atoms with Crippen molar-refractivity contribution in [1.82, 2.24) is 9.88 Å². The monoisotopic (exact) mass is 414 g/mol. The van der Waals surface area contributed by atoms with Crippen molar-refractivity contribution in [2.45, 2.75) is 25.3 Å². The molecule has 1 unspecified atom stereocenters. The largest absolute Gasteiger partial charge is 0.338 e. The molecule has 1 amide bonds. The molecule has 1 aliphatic rings. The number of hydrogen-bond donors (Lipinski definition) is 1. The van der Waals surface area contributed by atoms with Gasteiger partial charge in [-0.05, 0) is 37.1 Å². The Balaban J connectivity index is 1.29. The summed E-state index contributed by atoms with van der Waals surface area (Å²) in [6.07, 6.45) is 2.00. The van der Waals surface area contributed by atoms with Gasteiger partial charge in [0.25, 0.3) is 5.91 Å². The van der Waals surface area contributed by atoms with Gasteiger partial charge in [0.2, 0.25) is 0 Å². The Kier molecular flexibility index (Phi) is 5.95. The maximum atomic E-state index is 12.7. The van der Waals surface area contributed by atoms with Gasteiger partial charge in [-0.1, -0.05) is 35.9 Å².